The summed E-state index contributed by atoms with van der Waals surface area (Å²) in [6.07, 6.45) is 0.220. The zero-order valence-electron chi connectivity index (χ0n) is 17.1. The normalized spacial score (nSPS) is 14.9. The highest BCUT2D eigenvalue weighted by Crippen LogP contribution is 2.30. The lowest BCUT2D eigenvalue weighted by Crippen LogP contribution is -2.53. The summed E-state index contributed by atoms with van der Waals surface area (Å²) in [4.78, 5) is 37.4. The van der Waals surface area contributed by atoms with Gasteiger partial charge in [0.1, 0.15) is 5.75 Å². The number of nitrogens with two attached hydrogens (primary N) is 1. The van der Waals surface area contributed by atoms with E-state index >= 15 is 0 Å². The van der Waals surface area contributed by atoms with Crippen LogP contribution in [-0.2, 0) is 17.8 Å². The van der Waals surface area contributed by atoms with Crippen molar-refractivity contribution >= 4 is 24.9 Å². The maximum atomic E-state index is 12.8. The van der Waals surface area contributed by atoms with Crippen LogP contribution >= 0.6 is 0 Å². The molecule has 1 unspecified atom stereocenters. The van der Waals surface area contributed by atoms with Gasteiger partial charge < -0.3 is 30.7 Å². The number of aromatic carboxylic acids is 1. The molecule has 0 aromatic heterocycles. The standard InChI is InChI=1S/C21H24BN3O6/c1-13(26)25(9-8-23)12-14-4-2-6-16(10-14)20(27)24-18-11-15-5-3-7-17(21(28)29)19(15)31-22(18)30/h2-7,10,18,30H,8-9,11-12,23H2,1H3,(H,24,27)(H,28,29). The van der Waals surface area contributed by atoms with Crippen molar-refractivity contribution in [2.24, 2.45) is 5.73 Å². The van der Waals surface area contributed by atoms with E-state index in [9.17, 15) is 24.5 Å². The number of carboxylic acids is 1. The summed E-state index contributed by atoms with van der Waals surface area (Å²) in [5.74, 6) is -2.32. The number of carboxylic acid groups (broad SMARTS) is 1. The molecule has 0 saturated heterocycles. The summed E-state index contributed by atoms with van der Waals surface area (Å²) in [7, 11) is -1.39. The molecule has 2 amide bonds. The number of carbonyl (C=O) groups excluding carboxylic acids is 2. The monoisotopic (exact) mass is 425 g/mol. The van der Waals surface area contributed by atoms with Gasteiger partial charge in [-0.15, -0.1) is 0 Å². The van der Waals surface area contributed by atoms with Crippen LogP contribution in [0.25, 0.3) is 0 Å². The van der Waals surface area contributed by atoms with Gasteiger partial charge in [-0.25, -0.2) is 4.79 Å². The number of rotatable bonds is 7. The first-order chi connectivity index (χ1) is 14.8. The Hall–Kier alpha value is -3.37. The molecule has 1 aliphatic rings. The predicted molar refractivity (Wildman–Crippen MR) is 114 cm³/mol. The van der Waals surface area contributed by atoms with E-state index in [4.69, 9.17) is 10.4 Å². The van der Waals surface area contributed by atoms with Gasteiger partial charge in [0.15, 0.2) is 0 Å². The van der Waals surface area contributed by atoms with Crippen LogP contribution in [0.15, 0.2) is 42.5 Å². The Morgan fingerprint density at radius 2 is 2.00 bits per heavy atom. The van der Waals surface area contributed by atoms with Crippen molar-refractivity contribution < 1.29 is 29.2 Å². The molecule has 10 heteroatoms. The number of para-hydroxylation sites is 1. The highest BCUT2D eigenvalue weighted by molar-refractivity contribution is 6.47. The lowest BCUT2D eigenvalue weighted by molar-refractivity contribution is -0.129. The first-order valence-corrected chi connectivity index (χ1v) is 9.85. The van der Waals surface area contributed by atoms with Gasteiger partial charge in [-0.2, -0.15) is 0 Å². The minimum Gasteiger partial charge on any atom is -0.534 e. The SMILES string of the molecule is CC(=O)N(CCN)Cc1cccc(C(=O)NC2Cc3cccc(C(=O)O)c3OB2O)c1. The summed E-state index contributed by atoms with van der Waals surface area (Å²) in [5.41, 5.74) is 7.23. The Labute approximate surface area is 179 Å². The number of nitrogens with zero attached hydrogens (tertiary/aromatic N) is 1. The second kappa shape index (κ2) is 9.63. The van der Waals surface area contributed by atoms with Gasteiger partial charge in [0.05, 0.1) is 11.5 Å². The van der Waals surface area contributed by atoms with Crippen molar-refractivity contribution in [3.63, 3.8) is 0 Å². The average Bonchev–Trinajstić information content (AvgIpc) is 2.73. The second-order valence-electron chi connectivity index (χ2n) is 7.32. The third-order valence-electron chi connectivity index (χ3n) is 5.07. The Morgan fingerprint density at radius 1 is 1.26 bits per heavy atom. The van der Waals surface area contributed by atoms with Crippen LogP contribution in [0.5, 0.6) is 5.75 Å². The van der Waals surface area contributed by atoms with E-state index in [0.29, 0.717) is 30.8 Å². The van der Waals surface area contributed by atoms with Crippen molar-refractivity contribution in [2.75, 3.05) is 13.1 Å². The van der Waals surface area contributed by atoms with E-state index in [1.807, 2.05) is 6.07 Å². The summed E-state index contributed by atoms with van der Waals surface area (Å²) >= 11 is 0. The van der Waals surface area contributed by atoms with Crippen LogP contribution in [0.3, 0.4) is 0 Å². The van der Waals surface area contributed by atoms with Gasteiger partial charge in [-0.3, -0.25) is 9.59 Å². The van der Waals surface area contributed by atoms with Crippen LogP contribution in [-0.4, -0.2) is 59.0 Å². The smallest absolute Gasteiger partial charge is 0.534 e. The molecule has 31 heavy (non-hydrogen) atoms. The summed E-state index contributed by atoms with van der Waals surface area (Å²) in [6.45, 7) is 2.54. The van der Waals surface area contributed by atoms with E-state index in [0.717, 1.165) is 5.56 Å². The molecule has 0 radical (unpaired) electrons. The molecule has 9 nitrogen and oxygen atoms in total. The highest BCUT2D eigenvalue weighted by atomic mass is 16.5. The molecule has 0 spiro atoms. The fraction of sp³-hybridized carbons (Fsp3) is 0.286. The summed E-state index contributed by atoms with van der Waals surface area (Å²) in [6, 6.07) is 11.5. The van der Waals surface area contributed by atoms with Crippen LogP contribution < -0.4 is 15.7 Å². The fourth-order valence-electron chi connectivity index (χ4n) is 3.50. The van der Waals surface area contributed by atoms with E-state index in [1.165, 1.54) is 13.0 Å². The minimum atomic E-state index is -1.39. The van der Waals surface area contributed by atoms with Crippen LogP contribution in [0.2, 0.25) is 0 Å². The Balaban J connectivity index is 1.73. The van der Waals surface area contributed by atoms with Gasteiger partial charge in [-0.05, 0) is 35.7 Å². The third kappa shape index (κ3) is 5.22. The van der Waals surface area contributed by atoms with E-state index in [2.05, 4.69) is 5.32 Å². The quantitative estimate of drug-likeness (QED) is 0.472. The molecule has 3 rings (SSSR count). The van der Waals surface area contributed by atoms with E-state index < -0.39 is 24.9 Å². The predicted octanol–water partition coefficient (Wildman–Crippen LogP) is 0.445. The molecule has 1 aliphatic heterocycles. The number of fused-ring (bicyclic) bond motifs is 1. The maximum absolute atomic E-state index is 12.8. The van der Waals surface area contributed by atoms with Crippen LogP contribution in [0, 0.1) is 0 Å². The van der Waals surface area contributed by atoms with Gasteiger partial charge in [0, 0.05) is 32.1 Å². The Bertz CT molecular complexity index is 999. The fourth-order valence-corrected chi connectivity index (χ4v) is 3.50. The molecule has 162 valence electrons. The molecule has 2 aromatic carbocycles. The molecule has 0 saturated carbocycles. The third-order valence-corrected chi connectivity index (χ3v) is 5.07. The number of amides is 2. The molecule has 1 heterocycles. The first-order valence-electron chi connectivity index (χ1n) is 9.85. The van der Waals surface area contributed by atoms with Crippen molar-refractivity contribution in [2.45, 2.75) is 25.8 Å². The van der Waals surface area contributed by atoms with E-state index in [1.54, 1.807) is 35.2 Å². The topological polar surface area (TPSA) is 142 Å². The first kappa shape index (κ1) is 22.3. The van der Waals surface area contributed by atoms with Gasteiger partial charge in [-0.1, -0.05) is 24.3 Å². The van der Waals surface area contributed by atoms with Crippen LogP contribution in [0.4, 0.5) is 0 Å². The summed E-state index contributed by atoms with van der Waals surface area (Å²) < 4.78 is 5.41. The van der Waals surface area contributed by atoms with E-state index in [-0.39, 0.29) is 23.6 Å². The largest absolute Gasteiger partial charge is 0.547 e. The van der Waals surface area contributed by atoms with Crippen molar-refractivity contribution in [1.82, 2.24) is 10.2 Å². The molecule has 2 aromatic rings. The van der Waals surface area contributed by atoms with Crippen molar-refractivity contribution in [1.29, 1.82) is 0 Å². The van der Waals surface area contributed by atoms with Crippen molar-refractivity contribution in [3.05, 3.63) is 64.7 Å². The summed E-state index contributed by atoms with van der Waals surface area (Å²) in [5, 5.41) is 22.3. The number of hydrogen-bond acceptors (Lipinski definition) is 6. The number of hydrogen-bond donors (Lipinski definition) is 4. The molecule has 1 atom stereocenters. The van der Waals surface area contributed by atoms with Gasteiger partial charge in [0.2, 0.25) is 5.91 Å². The Morgan fingerprint density at radius 3 is 2.68 bits per heavy atom. The second-order valence-corrected chi connectivity index (χ2v) is 7.32. The molecule has 0 fully saturated rings. The van der Waals surface area contributed by atoms with Gasteiger partial charge in [0.25, 0.3) is 5.91 Å². The zero-order valence-corrected chi connectivity index (χ0v) is 17.1. The molecule has 0 bridgehead atoms. The zero-order chi connectivity index (χ0) is 22.5. The Kier molecular flexibility index (Phi) is 6.93. The molecule has 0 aliphatic carbocycles. The molecular formula is C21H24BN3O6. The van der Waals surface area contributed by atoms with Crippen LogP contribution in [0.1, 0.15) is 38.8 Å². The van der Waals surface area contributed by atoms with Crippen molar-refractivity contribution in [3.8, 4) is 5.75 Å². The number of carbonyl (C=O) groups is 3. The lowest BCUT2D eigenvalue weighted by Gasteiger charge is -2.29. The molecule has 5 N–H and O–H groups in total. The number of benzene rings is 2. The highest BCUT2D eigenvalue weighted by Gasteiger charge is 2.37. The van der Waals surface area contributed by atoms with Gasteiger partial charge >= 0.3 is 13.1 Å². The minimum absolute atomic E-state index is 0.0402. The molecular weight excluding hydrogens is 401 g/mol. The maximum Gasteiger partial charge on any atom is 0.547 e. The lowest BCUT2D eigenvalue weighted by atomic mass is 9.72. The average molecular weight is 425 g/mol. The number of nitrogens with one attached hydrogen (secondary N) is 1.